The van der Waals surface area contributed by atoms with E-state index in [0.29, 0.717) is 17.2 Å². The van der Waals surface area contributed by atoms with E-state index < -0.39 is 12.1 Å². The van der Waals surface area contributed by atoms with Crippen LogP contribution < -0.4 is 14.2 Å². The van der Waals surface area contributed by atoms with Crippen LogP contribution in [-0.2, 0) is 14.4 Å². The Morgan fingerprint density at radius 3 is 2.54 bits per heavy atom. The van der Waals surface area contributed by atoms with Crippen LogP contribution in [0.5, 0.6) is 23.0 Å². The number of nitrogens with zero attached hydrogens (tertiary/aromatic N) is 1. The SMILES string of the molecule is CC(=O)ON(CC1COc2cc(Oc3ccccc3)ccc2O1)C(C)=O. The zero-order chi connectivity index (χ0) is 18.5. The Balaban J connectivity index is 1.65. The molecule has 1 atom stereocenters. The molecule has 1 unspecified atom stereocenters. The summed E-state index contributed by atoms with van der Waals surface area (Å²) >= 11 is 0. The minimum Gasteiger partial charge on any atom is -0.486 e. The molecule has 7 nitrogen and oxygen atoms in total. The van der Waals surface area contributed by atoms with Crippen LogP contribution in [0.15, 0.2) is 48.5 Å². The van der Waals surface area contributed by atoms with Gasteiger partial charge in [-0.3, -0.25) is 9.59 Å². The van der Waals surface area contributed by atoms with Crippen molar-refractivity contribution in [3.63, 3.8) is 0 Å². The van der Waals surface area contributed by atoms with Gasteiger partial charge in [-0.1, -0.05) is 18.2 Å². The van der Waals surface area contributed by atoms with Crippen molar-refractivity contribution in [3.8, 4) is 23.0 Å². The van der Waals surface area contributed by atoms with Crippen LogP contribution in [0.2, 0.25) is 0 Å². The fraction of sp³-hybridized carbons (Fsp3) is 0.263. The highest BCUT2D eigenvalue weighted by molar-refractivity contribution is 5.75. The van der Waals surface area contributed by atoms with Gasteiger partial charge in [0.1, 0.15) is 18.1 Å². The lowest BCUT2D eigenvalue weighted by Crippen LogP contribution is -2.43. The van der Waals surface area contributed by atoms with Crippen LogP contribution in [0.3, 0.4) is 0 Å². The average molecular weight is 357 g/mol. The van der Waals surface area contributed by atoms with Crippen LogP contribution in [-0.4, -0.2) is 36.2 Å². The molecule has 1 heterocycles. The summed E-state index contributed by atoms with van der Waals surface area (Å²) in [5.41, 5.74) is 0. The highest BCUT2D eigenvalue weighted by Crippen LogP contribution is 2.36. The number of fused-ring (bicyclic) bond motifs is 1. The number of hydroxylamine groups is 2. The number of rotatable bonds is 4. The van der Waals surface area contributed by atoms with E-state index in [1.54, 1.807) is 18.2 Å². The lowest BCUT2D eigenvalue weighted by molar-refractivity contribution is -0.199. The molecular formula is C19H19NO6. The number of hydrogen-bond donors (Lipinski definition) is 0. The first-order valence-electron chi connectivity index (χ1n) is 8.14. The molecule has 0 saturated carbocycles. The van der Waals surface area contributed by atoms with Gasteiger partial charge in [0.15, 0.2) is 17.6 Å². The summed E-state index contributed by atoms with van der Waals surface area (Å²) < 4.78 is 17.3. The van der Waals surface area contributed by atoms with E-state index in [4.69, 9.17) is 19.0 Å². The molecule has 0 spiro atoms. The van der Waals surface area contributed by atoms with Crippen LogP contribution in [0, 0.1) is 0 Å². The molecule has 0 aromatic heterocycles. The first-order valence-corrected chi connectivity index (χ1v) is 8.14. The Kier molecular flexibility index (Phi) is 5.26. The number of benzene rings is 2. The van der Waals surface area contributed by atoms with Gasteiger partial charge in [0, 0.05) is 19.9 Å². The molecule has 136 valence electrons. The zero-order valence-electron chi connectivity index (χ0n) is 14.5. The van der Waals surface area contributed by atoms with Gasteiger partial charge in [0.05, 0.1) is 6.54 Å². The van der Waals surface area contributed by atoms with Crippen molar-refractivity contribution in [3.05, 3.63) is 48.5 Å². The fourth-order valence-electron chi connectivity index (χ4n) is 2.44. The molecule has 1 aliphatic rings. The minimum absolute atomic E-state index is 0.0800. The number of carbonyl (C=O) groups is 2. The quantitative estimate of drug-likeness (QED) is 0.783. The first-order chi connectivity index (χ1) is 12.5. The van der Waals surface area contributed by atoms with E-state index in [1.165, 1.54) is 13.8 Å². The van der Waals surface area contributed by atoms with Crippen molar-refractivity contribution in [2.75, 3.05) is 13.2 Å². The van der Waals surface area contributed by atoms with Gasteiger partial charge in [0.25, 0.3) is 5.91 Å². The molecule has 1 aliphatic heterocycles. The van der Waals surface area contributed by atoms with E-state index in [0.717, 1.165) is 10.8 Å². The summed E-state index contributed by atoms with van der Waals surface area (Å²) in [4.78, 5) is 27.5. The van der Waals surface area contributed by atoms with Crippen LogP contribution >= 0.6 is 0 Å². The summed E-state index contributed by atoms with van der Waals surface area (Å²) in [6.07, 6.45) is -0.452. The van der Waals surface area contributed by atoms with E-state index >= 15 is 0 Å². The molecule has 26 heavy (non-hydrogen) atoms. The summed E-state index contributed by atoms with van der Waals surface area (Å²) in [7, 11) is 0. The molecule has 0 saturated heterocycles. The Labute approximate surface area is 151 Å². The van der Waals surface area contributed by atoms with Gasteiger partial charge < -0.3 is 19.0 Å². The Bertz CT molecular complexity index is 792. The maximum absolute atomic E-state index is 11.6. The van der Waals surface area contributed by atoms with Crippen molar-refractivity contribution in [2.45, 2.75) is 20.0 Å². The van der Waals surface area contributed by atoms with E-state index in [-0.39, 0.29) is 19.1 Å². The second-order valence-corrected chi connectivity index (χ2v) is 5.74. The Morgan fingerprint density at radius 1 is 1.08 bits per heavy atom. The van der Waals surface area contributed by atoms with Crippen LogP contribution in [0.4, 0.5) is 0 Å². The topological polar surface area (TPSA) is 74.3 Å². The van der Waals surface area contributed by atoms with Crippen molar-refractivity contribution in [2.24, 2.45) is 0 Å². The molecule has 3 rings (SSSR count). The largest absolute Gasteiger partial charge is 0.486 e. The first kappa shape index (κ1) is 17.6. The number of para-hydroxylation sites is 1. The molecule has 0 fully saturated rings. The maximum Gasteiger partial charge on any atom is 0.329 e. The van der Waals surface area contributed by atoms with Crippen LogP contribution in [0.1, 0.15) is 13.8 Å². The normalized spacial score (nSPS) is 15.1. The molecule has 0 N–H and O–H groups in total. The van der Waals surface area contributed by atoms with Gasteiger partial charge in [0.2, 0.25) is 0 Å². The summed E-state index contributed by atoms with van der Waals surface area (Å²) in [5.74, 6) is 1.48. The number of carbonyl (C=O) groups excluding carboxylic acids is 2. The summed E-state index contributed by atoms with van der Waals surface area (Å²) in [6, 6.07) is 14.7. The van der Waals surface area contributed by atoms with Gasteiger partial charge in [-0.2, -0.15) is 5.06 Å². The van der Waals surface area contributed by atoms with Crippen molar-refractivity contribution >= 4 is 11.9 Å². The predicted molar refractivity (Wildman–Crippen MR) is 92.0 cm³/mol. The van der Waals surface area contributed by atoms with Gasteiger partial charge in [-0.05, 0) is 24.3 Å². The number of hydrogen-bond acceptors (Lipinski definition) is 6. The van der Waals surface area contributed by atoms with Gasteiger partial charge in [-0.25, -0.2) is 0 Å². The van der Waals surface area contributed by atoms with Crippen LogP contribution in [0.25, 0.3) is 0 Å². The van der Waals surface area contributed by atoms with Crippen molar-refractivity contribution in [1.82, 2.24) is 5.06 Å². The third-order valence-corrected chi connectivity index (χ3v) is 3.57. The molecule has 2 aromatic carbocycles. The summed E-state index contributed by atoms with van der Waals surface area (Å²) in [6.45, 7) is 2.84. The summed E-state index contributed by atoms with van der Waals surface area (Å²) in [5, 5.41) is 0.967. The third-order valence-electron chi connectivity index (χ3n) is 3.57. The molecule has 1 amide bonds. The molecule has 0 aliphatic carbocycles. The second-order valence-electron chi connectivity index (χ2n) is 5.74. The molecule has 0 bridgehead atoms. The zero-order valence-corrected chi connectivity index (χ0v) is 14.5. The molecule has 7 heteroatoms. The fourth-order valence-corrected chi connectivity index (χ4v) is 2.44. The third kappa shape index (κ3) is 4.44. The monoisotopic (exact) mass is 357 g/mol. The van der Waals surface area contributed by atoms with E-state index in [9.17, 15) is 9.59 Å². The van der Waals surface area contributed by atoms with Crippen molar-refractivity contribution < 1.29 is 28.6 Å². The van der Waals surface area contributed by atoms with Crippen molar-refractivity contribution in [1.29, 1.82) is 0 Å². The second kappa shape index (κ2) is 7.77. The standard InChI is InChI=1S/C19H19NO6/c1-13(21)20(26-14(2)22)11-17-12-23-19-10-16(8-9-18(19)25-17)24-15-6-4-3-5-7-15/h3-10,17H,11-12H2,1-2H3. The predicted octanol–water partition coefficient (Wildman–Crippen LogP) is 2.95. The van der Waals surface area contributed by atoms with E-state index in [2.05, 4.69) is 0 Å². The number of amides is 1. The smallest absolute Gasteiger partial charge is 0.329 e. The minimum atomic E-state index is -0.569. The lowest BCUT2D eigenvalue weighted by Gasteiger charge is -2.29. The molecular weight excluding hydrogens is 338 g/mol. The Morgan fingerprint density at radius 2 is 1.85 bits per heavy atom. The molecule has 0 radical (unpaired) electrons. The van der Waals surface area contributed by atoms with Gasteiger partial charge in [-0.15, -0.1) is 0 Å². The highest BCUT2D eigenvalue weighted by Gasteiger charge is 2.26. The average Bonchev–Trinajstić information content (AvgIpc) is 2.61. The maximum atomic E-state index is 11.6. The Hall–Kier alpha value is -3.22. The number of ether oxygens (including phenoxy) is 3. The lowest BCUT2D eigenvalue weighted by atomic mass is 10.2. The highest BCUT2D eigenvalue weighted by atomic mass is 16.7. The van der Waals surface area contributed by atoms with Gasteiger partial charge >= 0.3 is 5.97 Å². The molecule has 2 aromatic rings. The van der Waals surface area contributed by atoms with E-state index in [1.807, 2.05) is 30.3 Å².